The summed E-state index contributed by atoms with van der Waals surface area (Å²) in [5, 5.41) is 2.86. The van der Waals surface area contributed by atoms with Crippen LogP contribution in [-0.4, -0.2) is 52.5 Å². The standard InChI is InChI=1S/C23H30N2O5S/c1-17-11-14-25(15-12-17)31(27,28)20-8-9-22(30-3)21(16-20)23(26)24-13-10-18-4-6-19(29-2)7-5-18/h4-9,16-17H,10-15H2,1-3H3,(H,24,26). The molecule has 1 amide bonds. The maximum Gasteiger partial charge on any atom is 0.255 e. The Morgan fingerprint density at radius 2 is 1.74 bits per heavy atom. The first kappa shape index (κ1) is 23.1. The molecule has 0 unspecified atom stereocenters. The topological polar surface area (TPSA) is 84.9 Å². The van der Waals surface area contributed by atoms with Crippen LogP contribution in [0.25, 0.3) is 0 Å². The van der Waals surface area contributed by atoms with Gasteiger partial charge in [-0.15, -0.1) is 0 Å². The lowest BCUT2D eigenvalue weighted by molar-refractivity contribution is 0.0951. The van der Waals surface area contributed by atoms with Crippen LogP contribution < -0.4 is 14.8 Å². The van der Waals surface area contributed by atoms with Crippen LogP contribution in [-0.2, 0) is 16.4 Å². The van der Waals surface area contributed by atoms with Crippen LogP contribution in [0.15, 0.2) is 47.4 Å². The van der Waals surface area contributed by atoms with Gasteiger partial charge < -0.3 is 14.8 Å². The number of methoxy groups -OCH3 is 2. The molecule has 168 valence electrons. The molecule has 7 nitrogen and oxygen atoms in total. The smallest absolute Gasteiger partial charge is 0.255 e. The fourth-order valence-electron chi connectivity index (χ4n) is 3.61. The van der Waals surface area contributed by atoms with E-state index in [2.05, 4.69) is 12.2 Å². The number of nitrogens with zero attached hydrogens (tertiary/aromatic N) is 1. The Hall–Kier alpha value is -2.58. The van der Waals surface area contributed by atoms with Crippen molar-refractivity contribution in [3.05, 3.63) is 53.6 Å². The summed E-state index contributed by atoms with van der Waals surface area (Å²) in [6.45, 7) is 3.54. The van der Waals surface area contributed by atoms with Crippen molar-refractivity contribution < 1.29 is 22.7 Å². The van der Waals surface area contributed by atoms with Gasteiger partial charge in [-0.1, -0.05) is 19.1 Å². The summed E-state index contributed by atoms with van der Waals surface area (Å²) < 4.78 is 38.1. The summed E-state index contributed by atoms with van der Waals surface area (Å²) in [5.41, 5.74) is 1.27. The molecule has 1 heterocycles. The van der Waals surface area contributed by atoms with Crippen molar-refractivity contribution in [2.75, 3.05) is 33.9 Å². The summed E-state index contributed by atoms with van der Waals surface area (Å²) in [6.07, 6.45) is 2.32. The minimum atomic E-state index is -3.65. The van der Waals surface area contributed by atoms with E-state index in [9.17, 15) is 13.2 Å². The van der Waals surface area contributed by atoms with Gasteiger partial charge in [0.15, 0.2) is 0 Å². The molecule has 1 saturated heterocycles. The first-order valence-electron chi connectivity index (χ1n) is 10.4. The van der Waals surface area contributed by atoms with Gasteiger partial charge in [0.2, 0.25) is 10.0 Å². The molecule has 0 aliphatic carbocycles. The average molecular weight is 447 g/mol. The number of ether oxygens (including phenoxy) is 2. The molecule has 0 radical (unpaired) electrons. The Kier molecular flexibility index (Phi) is 7.56. The Balaban J connectivity index is 1.71. The van der Waals surface area contributed by atoms with Crippen molar-refractivity contribution in [1.82, 2.24) is 9.62 Å². The highest BCUT2D eigenvalue weighted by Crippen LogP contribution is 2.27. The van der Waals surface area contributed by atoms with E-state index in [0.717, 1.165) is 24.2 Å². The number of amides is 1. The molecule has 0 saturated carbocycles. The predicted octanol–water partition coefficient (Wildman–Crippen LogP) is 3.10. The average Bonchev–Trinajstić information content (AvgIpc) is 2.79. The molecule has 1 aliphatic rings. The SMILES string of the molecule is COc1ccc(CCNC(=O)c2cc(S(=O)(=O)N3CCC(C)CC3)ccc2OC)cc1. The Morgan fingerprint density at radius 3 is 2.35 bits per heavy atom. The number of benzene rings is 2. The number of piperidine rings is 1. The van der Waals surface area contributed by atoms with Gasteiger partial charge in [-0.25, -0.2) is 8.42 Å². The molecule has 31 heavy (non-hydrogen) atoms. The van der Waals surface area contributed by atoms with E-state index in [1.165, 1.54) is 29.6 Å². The van der Waals surface area contributed by atoms with E-state index >= 15 is 0 Å². The maximum atomic E-state index is 13.1. The van der Waals surface area contributed by atoms with E-state index in [4.69, 9.17) is 9.47 Å². The van der Waals surface area contributed by atoms with Crippen LogP contribution in [0.5, 0.6) is 11.5 Å². The van der Waals surface area contributed by atoms with Crippen molar-refractivity contribution in [1.29, 1.82) is 0 Å². The van der Waals surface area contributed by atoms with Gasteiger partial charge in [-0.3, -0.25) is 4.79 Å². The molecule has 0 atom stereocenters. The molecule has 0 spiro atoms. The third-order valence-corrected chi connectivity index (χ3v) is 7.55. The number of carbonyl (C=O) groups is 1. The van der Waals surface area contributed by atoms with Gasteiger partial charge in [0.25, 0.3) is 5.91 Å². The molecule has 8 heteroatoms. The third-order valence-electron chi connectivity index (χ3n) is 5.65. The van der Waals surface area contributed by atoms with Gasteiger partial charge in [-0.2, -0.15) is 4.31 Å². The first-order valence-corrected chi connectivity index (χ1v) is 11.9. The van der Waals surface area contributed by atoms with Gasteiger partial charge in [0, 0.05) is 19.6 Å². The number of nitrogens with one attached hydrogen (secondary N) is 1. The Morgan fingerprint density at radius 1 is 1.06 bits per heavy atom. The highest BCUT2D eigenvalue weighted by molar-refractivity contribution is 7.89. The quantitative estimate of drug-likeness (QED) is 0.674. The first-order chi connectivity index (χ1) is 14.8. The summed E-state index contributed by atoms with van der Waals surface area (Å²) in [5.74, 6) is 1.27. The molecule has 0 bridgehead atoms. The molecule has 1 N–H and O–H groups in total. The van der Waals surface area contributed by atoms with E-state index < -0.39 is 10.0 Å². The second-order valence-electron chi connectivity index (χ2n) is 7.80. The van der Waals surface area contributed by atoms with Crippen LogP contribution >= 0.6 is 0 Å². The zero-order chi connectivity index (χ0) is 22.4. The molecular weight excluding hydrogens is 416 g/mol. The van der Waals surface area contributed by atoms with Crippen LogP contribution in [0, 0.1) is 5.92 Å². The lowest BCUT2D eigenvalue weighted by Crippen LogP contribution is -2.38. The summed E-state index contributed by atoms with van der Waals surface area (Å²) in [7, 11) is -0.575. The second kappa shape index (κ2) is 10.2. The summed E-state index contributed by atoms with van der Waals surface area (Å²) >= 11 is 0. The van der Waals surface area contributed by atoms with E-state index in [0.29, 0.717) is 37.7 Å². The zero-order valence-corrected chi connectivity index (χ0v) is 19.1. The highest BCUT2D eigenvalue weighted by atomic mass is 32.2. The minimum Gasteiger partial charge on any atom is -0.497 e. The number of carbonyl (C=O) groups excluding carboxylic acids is 1. The number of hydrogen-bond donors (Lipinski definition) is 1. The largest absolute Gasteiger partial charge is 0.497 e. The predicted molar refractivity (Wildman–Crippen MR) is 119 cm³/mol. The zero-order valence-electron chi connectivity index (χ0n) is 18.3. The lowest BCUT2D eigenvalue weighted by atomic mass is 10.0. The third kappa shape index (κ3) is 5.57. The Bertz CT molecular complexity index is 997. The second-order valence-corrected chi connectivity index (χ2v) is 9.74. The maximum absolute atomic E-state index is 13.1. The fourth-order valence-corrected chi connectivity index (χ4v) is 5.10. The monoisotopic (exact) mass is 446 g/mol. The molecule has 2 aromatic rings. The van der Waals surface area contributed by atoms with Crippen LogP contribution in [0.3, 0.4) is 0 Å². The number of hydrogen-bond acceptors (Lipinski definition) is 5. The summed E-state index contributed by atoms with van der Waals surface area (Å²) in [4.78, 5) is 12.9. The lowest BCUT2D eigenvalue weighted by Gasteiger charge is -2.29. The van der Waals surface area contributed by atoms with Crippen molar-refractivity contribution >= 4 is 15.9 Å². The number of sulfonamides is 1. The molecule has 1 fully saturated rings. The van der Waals surface area contributed by atoms with Crippen molar-refractivity contribution in [2.45, 2.75) is 31.1 Å². The normalized spacial score (nSPS) is 15.5. The fraction of sp³-hybridized carbons (Fsp3) is 0.435. The van der Waals surface area contributed by atoms with Gasteiger partial charge >= 0.3 is 0 Å². The van der Waals surface area contributed by atoms with Crippen LogP contribution in [0.2, 0.25) is 0 Å². The molecule has 0 aromatic heterocycles. The van der Waals surface area contributed by atoms with Crippen molar-refractivity contribution in [2.24, 2.45) is 5.92 Å². The summed E-state index contributed by atoms with van der Waals surface area (Å²) in [6, 6.07) is 12.1. The van der Waals surface area contributed by atoms with Gasteiger partial charge in [-0.05, 0) is 61.1 Å². The van der Waals surface area contributed by atoms with Gasteiger partial charge in [0.05, 0.1) is 24.7 Å². The van der Waals surface area contributed by atoms with Crippen LogP contribution in [0.1, 0.15) is 35.7 Å². The van der Waals surface area contributed by atoms with Crippen molar-refractivity contribution in [3.8, 4) is 11.5 Å². The molecule has 3 rings (SSSR count). The highest BCUT2D eigenvalue weighted by Gasteiger charge is 2.29. The van der Waals surface area contributed by atoms with Crippen LogP contribution in [0.4, 0.5) is 0 Å². The Labute approximate surface area is 184 Å². The molecule has 2 aromatic carbocycles. The van der Waals surface area contributed by atoms with Crippen molar-refractivity contribution in [3.63, 3.8) is 0 Å². The van der Waals surface area contributed by atoms with Gasteiger partial charge in [0.1, 0.15) is 11.5 Å². The van der Waals surface area contributed by atoms with E-state index in [1.807, 2.05) is 24.3 Å². The number of rotatable bonds is 8. The minimum absolute atomic E-state index is 0.114. The molecule has 1 aliphatic heterocycles. The molecular formula is C23H30N2O5S. The van der Waals surface area contributed by atoms with E-state index in [-0.39, 0.29) is 16.4 Å². The van der Waals surface area contributed by atoms with E-state index in [1.54, 1.807) is 7.11 Å².